The van der Waals surface area contributed by atoms with Gasteiger partial charge in [0.15, 0.2) is 0 Å². The van der Waals surface area contributed by atoms with Crippen LogP contribution in [0.4, 0.5) is 0 Å². The molecule has 0 N–H and O–H groups in total. The lowest BCUT2D eigenvalue weighted by Crippen LogP contribution is -2.33. The van der Waals surface area contributed by atoms with Crippen LogP contribution in [0.2, 0.25) is 0 Å². The van der Waals surface area contributed by atoms with Gasteiger partial charge in [0.2, 0.25) is 0 Å². The number of aliphatic imine (C=N–C) groups is 1. The molecule has 142 valence electrons. The lowest BCUT2D eigenvalue weighted by atomic mass is 9.91. The normalized spacial score (nSPS) is 16.0. The zero-order valence-corrected chi connectivity index (χ0v) is 16.3. The molecule has 0 atom stereocenters. The molecular weight excluding hydrogens is 334 g/mol. The summed E-state index contributed by atoms with van der Waals surface area (Å²) in [6.07, 6.45) is 7.89. The minimum absolute atomic E-state index is 0.243. The lowest BCUT2D eigenvalue weighted by molar-refractivity contribution is -0.151. The molecule has 0 saturated heterocycles. The summed E-state index contributed by atoms with van der Waals surface area (Å²) in [5.41, 5.74) is 1.15. The van der Waals surface area contributed by atoms with Gasteiger partial charge in [-0.25, -0.2) is 0 Å². The Balaban J connectivity index is 1.76. The molecule has 27 heavy (non-hydrogen) atoms. The van der Waals surface area contributed by atoms with E-state index in [2.05, 4.69) is 0 Å². The molecule has 3 nitrogen and oxygen atoms in total. The summed E-state index contributed by atoms with van der Waals surface area (Å²) in [6.45, 7) is 3.81. The summed E-state index contributed by atoms with van der Waals surface area (Å²) in [7, 11) is 0. The van der Waals surface area contributed by atoms with Gasteiger partial charge in [-0.1, -0.05) is 79.9 Å². The summed E-state index contributed by atoms with van der Waals surface area (Å²) >= 11 is 0. The topological polar surface area (TPSA) is 38.7 Å². The van der Waals surface area contributed by atoms with E-state index in [0.29, 0.717) is 6.04 Å². The zero-order valence-electron chi connectivity index (χ0n) is 16.3. The fraction of sp³-hybridized carbons (Fsp3) is 0.417. The second kappa shape index (κ2) is 8.98. The molecule has 1 aliphatic carbocycles. The van der Waals surface area contributed by atoms with Crippen molar-refractivity contribution in [2.24, 2.45) is 4.99 Å². The van der Waals surface area contributed by atoms with Gasteiger partial charge < -0.3 is 4.74 Å². The van der Waals surface area contributed by atoms with Gasteiger partial charge in [-0.05, 0) is 37.8 Å². The van der Waals surface area contributed by atoms with E-state index in [-0.39, 0.29) is 5.97 Å². The third kappa shape index (κ3) is 5.53. The fourth-order valence-electron chi connectivity index (χ4n) is 3.62. The van der Waals surface area contributed by atoms with Crippen LogP contribution in [0, 0.1) is 0 Å². The molecule has 2 aromatic carbocycles. The maximum atomic E-state index is 13.1. The Labute approximate surface area is 162 Å². The maximum absolute atomic E-state index is 13.1. The number of hydrogen-bond acceptors (Lipinski definition) is 3. The second-order valence-electron chi connectivity index (χ2n) is 7.85. The van der Waals surface area contributed by atoms with Crippen molar-refractivity contribution in [1.29, 1.82) is 0 Å². The summed E-state index contributed by atoms with van der Waals surface area (Å²) in [4.78, 5) is 17.8. The van der Waals surface area contributed by atoms with Gasteiger partial charge in [0.05, 0.1) is 0 Å². The molecule has 0 amide bonds. The molecular formula is C24H29NO2. The average molecular weight is 364 g/mol. The molecule has 0 aromatic heterocycles. The Morgan fingerprint density at radius 2 is 1.48 bits per heavy atom. The monoisotopic (exact) mass is 363 g/mol. The van der Waals surface area contributed by atoms with Gasteiger partial charge in [0.1, 0.15) is 11.5 Å². The van der Waals surface area contributed by atoms with Gasteiger partial charge in [-0.2, -0.15) is 0 Å². The summed E-state index contributed by atoms with van der Waals surface area (Å²) in [6, 6.07) is 20.0. The Morgan fingerprint density at radius 3 is 2.00 bits per heavy atom. The number of carbonyl (C=O) groups excluding carboxylic acids is 1. The third-order valence-corrected chi connectivity index (χ3v) is 5.04. The van der Waals surface area contributed by atoms with E-state index in [4.69, 9.17) is 9.73 Å². The van der Waals surface area contributed by atoms with E-state index in [1.165, 1.54) is 19.3 Å². The fourth-order valence-corrected chi connectivity index (χ4v) is 3.62. The number of hydrogen-bond donors (Lipinski definition) is 0. The van der Waals surface area contributed by atoms with Crippen molar-refractivity contribution in [1.82, 2.24) is 0 Å². The van der Waals surface area contributed by atoms with Crippen molar-refractivity contribution in [3.63, 3.8) is 0 Å². The van der Waals surface area contributed by atoms with Crippen LogP contribution >= 0.6 is 0 Å². The molecule has 0 aliphatic heterocycles. The van der Waals surface area contributed by atoms with Crippen LogP contribution < -0.4 is 0 Å². The quantitative estimate of drug-likeness (QED) is 0.499. The highest BCUT2D eigenvalue weighted by atomic mass is 16.6. The Morgan fingerprint density at radius 1 is 0.963 bits per heavy atom. The largest absolute Gasteiger partial charge is 0.453 e. The van der Waals surface area contributed by atoms with E-state index in [9.17, 15) is 4.79 Å². The van der Waals surface area contributed by atoms with Crippen LogP contribution in [0.5, 0.6) is 0 Å². The number of rotatable bonds is 6. The van der Waals surface area contributed by atoms with Crippen LogP contribution in [0.15, 0.2) is 65.7 Å². The number of ether oxygens (including phenoxy) is 1. The van der Waals surface area contributed by atoms with Crippen molar-refractivity contribution in [2.75, 3.05) is 0 Å². The van der Waals surface area contributed by atoms with E-state index in [0.717, 1.165) is 24.0 Å². The van der Waals surface area contributed by atoms with Crippen molar-refractivity contribution in [2.45, 2.75) is 63.5 Å². The first kappa shape index (κ1) is 19.3. The van der Waals surface area contributed by atoms with Crippen molar-refractivity contribution in [3.05, 3.63) is 71.8 Å². The Bertz CT molecular complexity index is 707. The van der Waals surface area contributed by atoms with Gasteiger partial charge in [-0.3, -0.25) is 9.79 Å². The van der Waals surface area contributed by atoms with Crippen LogP contribution in [0.25, 0.3) is 0 Å². The molecule has 1 saturated carbocycles. The lowest BCUT2D eigenvalue weighted by Gasteiger charge is -2.26. The Hall–Kier alpha value is -2.42. The number of nitrogens with zero attached hydrogens (tertiary/aromatic N) is 1. The summed E-state index contributed by atoms with van der Waals surface area (Å²) in [5, 5.41) is 0. The van der Waals surface area contributed by atoms with Gasteiger partial charge in [-0.15, -0.1) is 0 Å². The van der Waals surface area contributed by atoms with Crippen molar-refractivity contribution < 1.29 is 9.53 Å². The smallest absolute Gasteiger partial charge is 0.318 e. The molecule has 0 bridgehead atoms. The maximum Gasteiger partial charge on any atom is 0.318 e. The Kier molecular flexibility index (Phi) is 6.44. The van der Waals surface area contributed by atoms with Crippen molar-refractivity contribution in [3.8, 4) is 0 Å². The number of esters is 1. The first-order chi connectivity index (χ1) is 13.1. The molecule has 3 heteroatoms. The minimum atomic E-state index is -0.726. The molecule has 1 aliphatic rings. The van der Waals surface area contributed by atoms with E-state index < -0.39 is 11.5 Å². The molecule has 0 heterocycles. The van der Waals surface area contributed by atoms with Crippen LogP contribution in [0.3, 0.4) is 0 Å². The average Bonchev–Trinajstić information content (AvgIpc) is 2.69. The highest BCUT2D eigenvalue weighted by molar-refractivity contribution is 5.85. The predicted molar refractivity (Wildman–Crippen MR) is 110 cm³/mol. The van der Waals surface area contributed by atoms with Gasteiger partial charge in [0.25, 0.3) is 0 Å². The highest BCUT2D eigenvalue weighted by Gasteiger charge is 2.29. The third-order valence-electron chi connectivity index (χ3n) is 5.04. The highest BCUT2D eigenvalue weighted by Crippen LogP contribution is 2.28. The van der Waals surface area contributed by atoms with Crippen LogP contribution in [-0.2, 0) is 9.53 Å². The molecule has 3 rings (SSSR count). The molecule has 0 radical (unpaired) electrons. The van der Waals surface area contributed by atoms with E-state index >= 15 is 0 Å². The molecule has 0 spiro atoms. The van der Waals surface area contributed by atoms with Gasteiger partial charge >= 0.3 is 5.97 Å². The standard InChI is InChI=1S/C24H29NO2/c1-24(2,18-25-21-16-10-5-11-17-21)27-23(26)22(19-12-6-3-7-13-19)20-14-8-4-9-15-20/h3-4,6-9,12-15,18,21-22H,5,10-11,16-17H2,1-2H3. The molecule has 1 fully saturated rings. The summed E-state index contributed by atoms with van der Waals surface area (Å²) < 4.78 is 5.91. The number of carbonyl (C=O) groups is 1. The molecule has 2 aromatic rings. The predicted octanol–water partition coefficient (Wildman–Crippen LogP) is 5.54. The summed E-state index contributed by atoms with van der Waals surface area (Å²) in [5.74, 6) is -0.678. The van der Waals surface area contributed by atoms with Crippen molar-refractivity contribution >= 4 is 12.2 Å². The SMILES string of the molecule is CC(C)(C=NC1CCCCC1)OC(=O)C(c1ccccc1)c1ccccc1. The first-order valence-electron chi connectivity index (χ1n) is 9.92. The van der Waals surface area contributed by atoms with E-state index in [1.54, 1.807) is 0 Å². The van der Waals surface area contributed by atoms with Gasteiger partial charge in [0, 0.05) is 12.3 Å². The first-order valence-corrected chi connectivity index (χ1v) is 9.92. The zero-order chi connectivity index (χ0) is 19.1. The minimum Gasteiger partial charge on any atom is -0.453 e. The number of benzene rings is 2. The molecule has 0 unspecified atom stereocenters. The second-order valence-corrected chi connectivity index (χ2v) is 7.85. The van der Waals surface area contributed by atoms with E-state index in [1.807, 2.05) is 80.7 Å². The van der Waals surface area contributed by atoms with Crippen LogP contribution in [-0.4, -0.2) is 23.8 Å². The van der Waals surface area contributed by atoms with Crippen LogP contribution in [0.1, 0.15) is 63.0 Å².